The van der Waals surface area contributed by atoms with Gasteiger partial charge in [0.25, 0.3) is 0 Å². The van der Waals surface area contributed by atoms with Crippen LogP contribution in [0, 0.1) is 13.8 Å². The molecule has 1 unspecified atom stereocenters. The number of nitrogens with zero attached hydrogens (tertiary/aromatic N) is 2. The van der Waals surface area contributed by atoms with Crippen LogP contribution in [0.15, 0.2) is 58.0 Å². The van der Waals surface area contributed by atoms with E-state index in [4.69, 9.17) is 4.42 Å². The predicted octanol–water partition coefficient (Wildman–Crippen LogP) is 3.61. The van der Waals surface area contributed by atoms with Gasteiger partial charge in [0.15, 0.2) is 0 Å². The maximum Gasteiger partial charge on any atom is 0.240 e. The lowest BCUT2D eigenvalue weighted by molar-refractivity contribution is 0.397. The molecule has 0 aliphatic rings. The molecule has 7 heteroatoms. The van der Waals surface area contributed by atoms with Gasteiger partial charge in [-0.05, 0) is 56.2 Å². The SMILES string of the molecule is CCCc1ccc(S(=O)(=O)NCC(c2ccco2)n2nc(C)cc2C)cc1. The Morgan fingerprint density at radius 3 is 2.48 bits per heavy atom. The number of hydrogen-bond donors (Lipinski definition) is 1. The van der Waals surface area contributed by atoms with E-state index in [1.54, 1.807) is 29.1 Å². The molecule has 0 bridgehead atoms. The molecule has 2 heterocycles. The Morgan fingerprint density at radius 2 is 1.93 bits per heavy atom. The van der Waals surface area contributed by atoms with E-state index >= 15 is 0 Å². The topological polar surface area (TPSA) is 77.1 Å². The van der Waals surface area contributed by atoms with Gasteiger partial charge in [0, 0.05) is 12.2 Å². The van der Waals surface area contributed by atoms with Crippen molar-refractivity contribution in [2.24, 2.45) is 0 Å². The van der Waals surface area contributed by atoms with Crippen molar-refractivity contribution in [3.8, 4) is 0 Å². The Hall–Kier alpha value is -2.38. The van der Waals surface area contributed by atoms with Crippen molar-refractivity contribution in [2.45, 2.75) is 44.6 Å². The molecule has 2 aromatic heterocycles. The minimum atomic E-state index is -3.62. The summed E-state index contributed by atoms with van der Waals surface area (Å²) in [5.74, 6) is 0.655. The molecule has 0 fully saturated rings. The number of furan rings is 1. The molecular weight excluding hydrogens is 362 g/mol. The van der Waals surface area contributed by atoms with Gasteiger partial charge in [-0.15, -0.1) is 0 Å². The van der Waals surface area contributed by atoms with E-state index in [0.717, 1.165) is 29.8 Å². The molecule has 0 aliphatic heterocycles. The van der Waals surface area contributed by atoms with Crippen molar-refractivity contribution < 1.29 is 12.8 Å². The summed E-state index contributed by atoms with van der Waals surface area (Å²) in [4.78, 5) is 0.258. The smallest absolute Gasteiger partial charge is 0.240 e. The van der Waals surface area contributed by atoms with Crippen LogP contribution in [0.1, 0.15) is 42.1 Å². The fourth-order valence-electron chi connectivity index (χ4n) is 3.15. The standard InChI is InChI=1S/C20H25N3O3S/c1-4-6-17-8-10-18(11-9-17)27(24,25)21-14-19(20-7-5-12-26-20)23-16(3)13-15(2)22-23/h5,7-13,19,21H,4,6,14H2,1-3H3. The van der Waals surface area contributed by atoms with Gasteiger partial charge in [0.1, 0.15) is 11.8 Å². The van der Waals surface area contributed by atoms with Crippen molar-refractivity contribution in [3.05, 3.63) is 71.4 Å². The third-order valence-corrected chi connectivity index (χ3v) is 5.89. The van der Waals surface area contributed by atoms with Crippen LogP contribution in [0.25, 0.3) is 0 Å². The van der Waals surface area contributed by atoms with E-state index < -0.39 is 10.0 Å². The number of hydrogen-bond acceptors (Lipinski definition) is 4. The molecule has 3 aromatic rings. The van der Waals surface area contributed by atoms with Gasteiger partial charge in [-0.25, -0.2) is 13.1 Å². The average Bonchev–Trinajstić information content (AvgIpc) is 3.26. The highest BCUT2D eigenvalue weighted by Crippen LogP contribution is 2.21. The van der Waals surface area contributed by atoms with Gasteiger partial charge >= 0.3 is 0 Å². The first-order valence-electron chi connectivity index (χ1n) is 9.05. The Morgan fingerprint density at radius 1 is 1.19 bits per heavy atom. The van der Waals surface area contributed by atoms with Crippen LogP contribution in [0.3, 0.4) is 0 Å². The van der Waals surface area contributed by atoms with Crippen molar-refractivity contribution in [3.63, 3.8) is 0 Å². The first-order chi connectivity index (χ1) is 12.9. The molecule has 0 amide bonds. The quantitative estimate of drug-likeness (QED) is 0.640. The zero-order valence-corrected chi connectivity index (χ0v) is 16.7. The Kier molecular flexibility index (Phi) is 5.82. The van der Waals surface area contributed by atoms with E-state index in [2.05, 4.69) is 16.7 Å². The molecule has 3 rings (SSSR count). The van der Waals surface area contributed by atoms with E-state index in [9.17, 15) is 8.42 Å². The molecule has 27 heavy (non-hydrogen) atoms. The summed E-state index contributed by atoms with van der Waals surface area (Å²) in [6.45, 7) is 6.09. The van der Waals surface area contributed by atoms with Gasteiger partial charge in [0.2, 0.25) is 10.0 Å². The molecule has 0 radical (unpaired) electrons. The predicted molar refractivity (Wildman–Crippen MR) is 104 cm³/mol. The molecule has 0 aliphatic carbocycles. The summed E-state index contributed by atoms with van der Waals surface area (Å²) in [5.41, 5.74) is 2.95. The summed E-state index contributed by atoms with van der Waals surface area (Å²) in [7, 11) is -3.62. The highest BCUT2D eigenvalue weighted by molar-refractivity contribution is 7.89. The largest absolute Gasteiger partial charge is 0.467 e. The third kappa shape index (κ3) is 4.48. The van der Waals surface area contributed by atoms with Crippen molar-refractivity contribution >= 4 is 10.0 Å². The highest BCUT2D eigenvalue weighted by Gasteiger charge is 2.23. The number of rotatable bonds is 8. The van der Waals surface area contributed by atoms with Gasteiger partial charge < -0.3 is 4.42 Å². The maximum atomic E-state index is 12.7. The summed E-state index contributed by atoms with van der Waals surface area (Å²) >= 11 is 0. The zero-order valence-electron chi connectivity index (χ0n) is 15.8. The van der Waals surface area contributed by atoms with Gasteiger partial charge in [0.05, 0.1) is 16.9 Å². The van der Waals surface area contributed by atoms with Crippen LogP contribution in [0.4, 0.5) is 0 Å². The Balaban J connectivity index is 1.81. The Bertz CT molecular complexity index is 974. The lowest BCUT2D eigenvalue weighted by atomic mass is 10.1. The molecule has 1 atom stereocenters. The van der Waals surface area contributed by atoms with Crippen LogP contribution in [-0.2, 0) is 16.4 Å². The molecule has 144 valence electrons. The van der Waals surface area contributed by atoms with Crippen LogP contribution < -0.4 is 4.72 Å². The number of sulfonamides is 1. The average molecular weight is 388 g/mol. The van der Waals surface area contributed by atoms with E-state index in [-0.39, 0.29) is 17.5 Å². The molecular formula is C20H25N3O3S. The number of benzene rings is 1. The molecule has 6 nitrogen and oxygen atoms in total. The van der Waals surface area contributed by atoms with Crippen molar-refractivity contribution in [1.29, 1.82) is 0 Å². The van der Waals surface area contributed by atoms with Crippen LogP contribution in [0.2, 0.25) is 0 Å². The molecule has 0 saturated carbocycles. The summed E-state index contributed by atoms with van der Waals surface area (Å²) in [6.07, 6.45) is 3.54. The van der Waals surface area contributed by atoms with Crippen LogP contribution >= 0.6 is 0 Å². The highest BCUT2D eigenvalue weighted by atomic mass is 32.2. The second-order valence-electron chi connectivity index (χ2n) is 6.65. The first kappa shape index (κ1) is 19.4. The number of nitrogens with one attached hydrogen (secondary N) is 1. The van der Waals surface area contributed by atoms with Crippen LogP contribution in [-0.4, -0.2) is 24.7 Å². The normalized spacial score (nSPS) is 13.0. The lowest BCUT2D eigenvalue weighted by Crippen LogP contribution is -2.32. The minimum absolute atomic E-state index is 0.147. The number of aromatic nitrogens is 2. The van der Waals surface area contributed by atoms with Gasteiger partial charge in [-0.2, -0.15) is 5.10 Å². The van der Waals surface area contributed by atoms with E-state index in [1.165, 1.54) is 0 Å². The fraction of sp³-hybridized carbons (Fsp3) is 0.350. The molecule has 0 saturated heterocycles. The van der Waals surface area contributed by atoms with Crippen molar-refractivity contribution in [1.82, 2.24) is 14.5 Å². The summed E-state index contributed by atoms with van der Waals surface area (Å²) < 4.78 is 35.5. The van der Waals surface area contributed by atoms with E-state index in [0.29, 0.717) is 5.76 Å². The summed E-state index contributed by atoms with van der Waals surface area (Å²) in [6, 6.07) is 12.2. The lowest BCUT2D eigenvalue weighted by Gasteiger charge is -2.18. The number of aryl methyl sites for hydroxylation is 3. The molecule has 0 spiro atoms. The van der Waals surface area contributed by atoms with Crippen LogP contribution in [0.5, 0.6) is 0 Å². The second kappa shape index (κ2) is 8.10. The first-order valence-corrected chi connectivity index (χ1v) is 10.5. The summed E-state index contributed by atoms with van der Waals surface area (Å²) in [5, 5.41) is 4.49. The Labute approximate surface area is 160 Å². The maximum absolute atomic E-state index is 12.7. The second-order valence-corrected chi connectivity index (χ2v) is 8.42. The van der Waals surface area contributed by atoms with Gasteiger partial charge in [-0.1, -0.05) is 25.5 Å². The minimum Gasteiger partial charge on any atom is -0.467 e. The molecule has 1 aromatic carbocycles. The third-order valence-electron chi connectivity index (χ3n) is 4.45. The van der Waals surface area contributed by atoms with Crippen molar-refractivity contribution in [2.75, 3.05) is 6.54 Å². The van der Waals surface area contributed by atoms with E-state index in [1.807, 2.05) is 38.1 Å². The molecule has 1 N–H and O–H groups in total. The van der Waals surface area contributed by atoms with Gasteiger partial charge in [-0.3, -0.25) is 4.68 Å². The monoisotopic (exact) mass is 387 g/mol. The zero-order chi connectivity index (χ0) is 19.4. The fourth-order valence-corrected chi connectivity index (χ4v) is 4.18.